The topological polar surface area (TPSA) is 87.1 Å². The van der Waals surface area contributed by atoms with Gasteiger partial charge in [0.15, 0.2) is 0 Å². The second-order valence-corrected chi connectivity index (χ2v) is 6.39. The van der Waals surface area contributed by atoms with Crippen LogP contribution in [-0.4, -0.2) is 58.6 Å². The van der Waals surface area contributed by atoms with E-state index < -0.39 is 0 Å². The van der Waals surface area contributed by atoms with Crippen LogP contribution >= 0.6 is 0 Å². The van der Waals surface area contributed by atoms with Crippen molar-refractivity contribution >= 4 is 17.7 Å². The number of carbonyl (C=O) groups excluding carboxylic acids is 1. The van der Waals surface area contributed by atoms with Crippen molar-refractivity contribution in [2.75, 3.05) is 42.5 Å². The molecule has 0 radical (unpaired) electrons. The average Bonchev–Trinajstić information content (AvgIpc) is 2.67. The van der Waals surface area contributed by atoms with E-state index >= 15 is 0 Å². The summed E-state index contributed by atoms with van der Waals surface area (Å²) in [4.78, 5) is 33.5. The Morgan fingerprint density at radius 3 is 2.32 bits per heavy atom. The van der Waals surface area contributed by atoms with Crippen molar-refractivity contribution in [3.05, 3.63) is 36.5 Å². The van der Waals surface area contributed by atoms with Gasteiger partial charge in [-0.15, -0.1) is 0 Å². The van der Waals surface area contributed by atoms with E-state index in [2.05, 4.69) is 48.9 Å². The predicted molar refractivity (Wildman–Crippen MR) is 95.7 cm³/mol. The van der Waals surface area contributed by atoms with Crippen LogP contribution in [-0.2, 0) is 0 Å². The van der Waals surface area contributed by atoms with Gasteiger partial charge in [-0.3, -0.25) is 4.79 Å². The maximum absolute atomic E-state index is 12.0. The van der Waals surface area contributed by atoms with Crippen molar-refractivity contribution in [1.29, 1.82) is 0 Å². The first-order valence-electron chi connectivity index (χ1n) is 8.50. The Kier molecular flexibility index (Phi) is 5.37. The highest BCUT2D eigenvalue weighted by Crippen LogP contribution is 2.15. The van der Waals surface area contributed by atoms with Gasteiger partial charge in [-0.25, -0.2) is 19.9 Å². The summed E-state index contributed by atoms with van der Waals surface area (Å²) in [6.07, 6.45) is 6.71. The fourth-order valence-electron chi connectivity index (χ4n) is 2.58. The number of nitrogens with one attached hydrogen (secondary N) is 1. The van der Waals surface area contributed by atoms with Crippen LogP contribution in [0.2, 0.25) is 0 Å². The van der Waals surface area contributed by atoms with Gasteiger partial charge >= 0.3 is 0 Å². The zero-order chi connectivity index (χ0) is 17.6. The molecule has 0 aromatic carbocycles. The molecule has 1 aliphatic rings. The van der Waals surface area contributed by atoms with Gasteiger partial charge in [-0.2, -0.15) is 0 Å². The third-order valence-corrected chi connectivity index (χ3v) is 3.98. The van der Waals surface area contributed by atoms with E-state index in [0.717, 1.165) is 37.9 Å². The lowest BCUT2D eigenvalue weighted by molar-refractivity contribution is 0.0943. The fraction of sp³-hybridized carbons (Fsp3) is 0.471. The number of nitrogens with zero attached hydrogens (tertiary/aromatic N) is 6. The summed E-state index contributed by atoms with van der Waals surface area (Å²) in [6.45, 7) is 8.00. The van der Waals surface area contributed by atoms with E-state index in [-0.39, 0.29) is 5.91 Å². The highest BCUT2D eigenvalue weighted by atomic mass is 16.1. The number of aromatic nitrogens is 4. The lowest BCUT2D eigenvalue weighted by Gasteiger charge is -2.35. The summed E-state index contributed by atoms with van der Waals surface area (Å²) < 4.78 is 0. The molecule has 2 aromatic rings. The summed E-state index contributed by atoms with van der Waals surface area (Å²) in [5.74, 6) is 1.76. The highest BCUT2D eigenvalue weighted by molar-refractivity contribution is 5.92. The first kappa shape index (κ1) is 17.1. The molecule has 1 N–H and O–H groups in total. The van der Waals surface area contributed by atoms with Crippen molar-refractivity contribution in [1.82, 2.24) is 25.3 Å². The fourth-order valence-corrected chi connectivity index (χ4v) is 2.58. The average molecular weight is 341 g/mol. The van der Waals surface area contributed by atoms with Gasteiger partial charge in [0.2, 0.25) is 5.95 Å². The molecule has 3 heterocycles. The molecule has 0 atom stereocenters. The molecule has 1 saturated heterocycles. The summed E-state index contributed by atoms with van der Waals surface area (Å²) in [7, 11) is 0. The lowest BCUT2D eigenvalue weighted by atomic mass is 10.2. The van der Waals surface area contributed by atoms with Gasteiger partial charge < -0.3 is 15.1 Å². The number of hydrogen-bond acceptors (Lipinski definition) is 7. The molecule has 25 heavy (non-hydrogen) atoms. The Morgan fingerprint density at radius 2 is 1.72 bits per heavy atom. The third kappa shape index (κ3) is 4.40. The molecule has 0 unspecified atom stereocenters. The van der Waals surface area contributed by atoms with E-state index in [4.69, 9.17) is 0 Å². The summed E-state index contributed by atoms with van der Waals surface area (Å²) in [5, 5.41) is 2.85. The minimum absolute atomic E-state index is 0.182. The van der Waals surface area contributed by atoms with Crippen LogP contribution in [0.25, 0.3) is 0 Å². The van der Waals surface area contributed by atoms with Gasteiger partial charge in [-0.05, 0) is 12.0 Å². The van der Waals surface area contributed by atoms with Gasteiger partial charge in [0, 0.05) is 45.1 Å². The molecule has 132 valence electrons. The molecule has 0 aliphatic carbocycles. The summed E-state index contributed by atoms with van der Waals surface area (Å²) >= 11 is 0. The second kappa shape index (κ2) is 7.87. The smallest absolute Gasteiger partial charge is 0.271 e. The number of carbonyl (C=O) groups is 1. The van der Waals surface area contributed by atoms with Crippen molar-refractivity contribution in [3.8, 4) is 0 Å². The first-order chi connectivity index (χ1) is 12.1. The number of rotatable bonds is 5. The zero-order valence-corrected chi connectivity index (χ0v) is 14.6. The van der Waals surface area contributed by atoms with Gasteiger partial charge in [-0.1, -0.05) is 13.8 Å². The quantitative estimate of drug-likeness (QED) is 0.867. The molecule has 0 bridgehead atoms. The predicted octanol–water partition coefficient (Wildman–Crippen LogP) is 0.979. The number of hydrogen-bond donors (Lipinski definition) is 1. The molecule has 1 fully saturated rings. The molecule has 8 heteroatoms. The van der Waals surface area contributed by atoms with Gasteiger partial charge in [0.05, 0.1) is 12.4 Å². The third-order valence-electron chi connectivity index (χ3n) is 3.98. The van der Waals surface area contributed by atoms with Crippen LogP contribution in [0.4, 0.5) is 11.8 Å². The van der Waals surface area contributed by atoms with E-state index in [1.165, 1.54) is 6.20 Å². The Hall–Kier alpha value is -2.77. The SMILES string of the molecule is CC(C)CNC(=O)c1cnc(N2CCN(c3ncccn3)CC2)cn1. The first-order valence-corrected chi connectivity index (χ1v) is 8.50. The minimum Gasteiger partial charge on any atom is -0.352 e. The minimum atomic E-state index is -0.182. The zero-order valence-electron chi connectivity index (χ0n) is 14.6. The van der Waals surface area contributed by atoms with Crippen molar-refractivity contribution in [2.45, 2.75) is 13.8 Å². The van der Waals surface area contributed by atoms with Gasteiger partial charge in [0.1, 0.15) is 11.5 Å². The standard InChI is InChI=1S/C17H23N7O/c1-13(2)10-22-16(25)14-11-21-15(12-20-14)23-6-8-24(9-7-23)17-18-4-3-5-19-17/h3-5,11-13H,6-10H2,1-2H3,(H,22,25). The maximum Gasteiger partial charge on any atom is 0.271 e. The van der Waals surface area contributed by atoms with Crippen molar-refractivity contribution in [3.63, 3.8) is 0 Å². The normalized spacial score (nSPS) is 14.7. The van der Waals surface area contributed by atoms with Crippen LogP contribution in [0.3, 0.4) is 0 Å². The Labute approximate surface area is 147 Å². The molecule has 1 aliphatic heterocycles. The number of anilines is 2. The van der Waals surface area contributed by atoms with E-state index in [0.29, 0.717) is 18.2 Å². The largest absolute Gasteiger partial charge is 0.352 e. The molecule has 8 nitrogen and oxygen atoms in total. The molecule has 0 saturated carbocycles. The van der Waals surface area contributed by atoms with Crippen LogP contribution in [0.1, 0.15) is 24.3 Å². The number of piperazine rings is 1. The molecule has 1 amide bonds. The Balaban J connectivity index is 1.56. The summed E-state index contributed by atoms with van der Waals surface area (Å²) in [5.41, 5.74) is 0.348. The van der Waals surface area contributed by atoms with Gasteiger partial charge in [0.25, 0.3) is 5.91 Å². The molecule has 3 rings (SSSR count). The van der Waals surface area contributed by atoms with E-state index in [1.807, 2.05) is 6.07 Å². The van der Waals surface area contributed by atoms with Crippen LogP contribution in [0, 0.1) is 5.92 Å². The highest BCUT2D eigenvalue weighted by Gasteiger charge is 2.20. The van der Waals surface area contributed by atoms with E-state index in [9.17, 15) is 4.79 Å². The Bertz CT molecular complexity index is 682. The van der Waals surface area contributed by atoms with Crippen LogP contribution < -0.4 is 15.1 Å². The monoisotopic (exact) mass is 341 g/mol. The van der Waals surface area contributed by atoms with Crippen molar-refractivity contribution < 1.29 is 4.79 Å². The van der Waals surface area contributed by atoms with Crippen LogP contribution in [0.15, 0.2) is 30.9 Å². The molecular weight excluding hydrogens is 318 g/mol. The second-order valence-electron chi connectivity index (χ2n) is 6.39. The van der Waals surface area contributed by atoms with E-state index in [1.54, 1.807) is 18.6 Å². The van der Waals surface area contributed by atoms with Crippen molar-refractivity contribution in [2.24, 2.45) is 5.92 Å². The molecule has 0 spiro atoms. The number of amides is 1. The van der Waals surface area contributed by atoms with Crippen LogP contribution in [0.5, 0.6) is 0 Å². The molecule has 2 aromatic heterocycles. The molecular formula is C17H23N7O. The summed E-state index contributed by atoms with van der Waals surface area (Å²) in [6, 6.07) is 1.81. The lowest BCUT2D eigenvalue weighted by Crippen LogP contribution is -2.47. The maximum atomic E-state index is 12.0. The Morgan fingerprint density at radius 1 is 1.04 bits per heavy atom.